The molecule has 1 aliphatic heterocycles. The van der Waals surface area contributed by atoms with E-state index in [9.17, 15) is 22.8 Å². The Hall–Kier alpha value is -3.30. The van der Waals surface area contributed by atoms with Gasteiger partial charge in [0, 0.05) is 37.3 Å². The lowest BCUT2D eigenvalue weighted by Gasteiger charge is -2.17. The molecule has 0 bridgehead atoms. The van der Waals surface area contributed by atoms with Crippen molar-refractivity contribution in [1.29, 1.82) is 0 Å². The normalized spacial score (nSPS) is 13.2. The van der Waals surface area contributed by atoms with Gasteiger partial charge in [-0.05, 0) is 48.2 Å². The molecule has 2 aromatic rings. The third kappa shape index (κ3) is 7.47. The number of anilines is 1. The van der Waals surface area contributed by atoms with Crippen molar-refractivity contribution in [3.63, 3.8) is 0 Å². The number of hydrogen-bond donors (Lipinski definition) is 2. The van der Waals surface area contributed by atoms with Crippen LogP contribution in [0.5, 0.6) is 11.6 Å². The van der Waals surface area contributed by atoms with Crippen molar-refractivity contribution in [2.45, 2.75) is 38.4 Å². The van der Waals surface area contributed by atoms with Crippen molar-refractivity contribution in [3.8, 4) is 11.6 Å². The molecule has 0 aliphatic carbocycles. The zero-order chi connectivity index (χ0) is 22.3. The van der Waals surface area contributed by atoms with Crippen LogP contribution in [0.3, 0.4) is 0 Å². The van der Waals surface area contributed by atoms with Crippen LogP contribution in [0.25, 0.3) is 0 Å². The summed E-state index contributed by atoms with van der Waals surface area (Å²) in [5, 5.41) is 5.51. The maximum Gasteiger partial charge on any atom is 0.422 e. The molecule has 0 unspecified atom stereocenters. The number of fused-ring (bicyclic) bond motifs is 1. The van der Waals surface area contributed by atoms with Gasteiger partial charge in [0.1, 0.15) is 5.75 Å². The van der Waals surface area contributed by atoms with Crippen LogP contribution in [-0.2, 0) is 22.6 Å². The van der Waals surface area contributed by atoms with Crippen molar-refractivity contribution >= 4 is 17.5 Å². The minimum atomic E-state index is -4.44. The first kappa shape index (κ1) is 22.4. The van der Waals surface area contributed by atoms with Crippen LogP contribution in [0.4, 0.5) is 18.9 Å². The molecule has 10 heteroatoms. The Morgan fingerprint density at radius 3 is 2.81 bits per heavy atom. The SMILES string of the molecule is O=C(CCCOc1ccc2c(c1)CCC(=O)N2)NCc1ccnc(OCC(F)(F)F)c1. The molecule has 7 nitrogen and oxygen atoms in total. The van der Waals surface area contributed by atoms with Gasteiger partial charge in [-0.25, -0.2) is 4.98 Å². The van der Waals surface area contributed by atoms with Crippen LogP contribution in [0, 0.1) is 0 Å². The summed E-state index contributed by atoms with van der Waals surface area (Å²) in [6.45, 7) is -0.918. The van der Waals surface area contributed by atoms with Gasteiger partial charge in [0.2, 0.25) is 17.7 Å². The van der Waals surface area contributed by atoms with Crippen LogP contribution in [0.1, 0.15) is 30.4 Å². The number of carbonyl (C=O) groups excluding carboxylic acids is 2. The monoisotopic (exact) mass is 437 g/mol. The van der Waals surface area contributed by atoms with E-state index in [0.29, 0.717) is 37.2 Å². The fourth-order valence-corrected chi connectivity index (χ4v) is 2.96. The number of alkyl halides is 3. The quantitative estimate of drug-likeness (QED) is 0.587. The first-order valence-corrected chi connectivity index (χ1v) is 9.75. The zero-order valence-electron chi connectivity index (χ0n) is 16.6. The second kappa shape index (κ2) is 10.1. The molecule has 0 radical (unpaired) electrons. The van der Waals surface area contributed by atoms with Gasteiger partial charge in [0.05, 0.1) is 6.61 Å². The second-order valence-corrected chi connectivity index (χ2v) is 7.00. The number of nitrogens with one attached hydrogen (secondary N) is 2. The second-order valence-electron chi connectivity index (χ2n) is 7.00. The third-order valence-corrected chi connectivity index (χ3v) is 4.46. The van der Waals surface area contributed by atoms with Gasteiger partial charge in [-0.2, -0.15) is 13.2 Å². The largest absolute Gasteiger partial charge is 0.494 e. The summed E-state index contributed by atoms with van der Waals surface area (Å²) in [6, 6.07) is 8.40. The number of benzene rings is 1. The molecule has 2 heterocycles. The van der Waals surface area contributed by atoms with Gasteiger partial charge in [-0.1, -0.05) is 0 Å². The lowest BCUT2D eigenvalue weighted by molar-refractivity contribution is -0.154. The summed E-state index contributed by atoms with van der Waals surface area (Å²) < 4.78 is 46.9. The smallest absolute Gasteiger partial charge is 0.422 e. The number of pyridine rings is 1. The van der Waals surface area contributed by atoms with E-state index >= 15 is 0 Å². The molecule has 166 valence electrons. The number of nitrogens with zero attached hydrogens (tertiary/aromatic N) is 1. The lowest BCUT2D eigenvalue weighted by Crippen LogP contribution is -2.23. The Morgan fingerprint density at radius 1 is 1.16 bits per heavy atom. The first-order valence-electron chi connectivity index (χ1n) is 9.75. The highest BCUT2D eigenvalue weighted by atomic mass is 19.4. The van der Waals surface area contributed by atoms with Crippen LogP contribution in [0.2, 0.25) is 0 Å². The van der Waals surface area contributed by atoms with Crippen LogP contribution >= 0.6 is 0 Å². The van der Waals surface area contributed by atoms with Crippen molar-refractivity contribution in [1.82, 2.24) is 10.3 Å². The number of aromatic nitrogens is 1. The molecular weight excluding hydrogens is 415 g/mol. The van der Waals surface area contributed by atoms with Gasteiger partial charge in [0.25, 0.3) is 0 Å². The molecule has 2 amide bonds. The van der Waals surface area contributed by atoms with Crippen molar-refractivity contribution in [2.24, 2.45) is 0 Å². The first-order chi connectivity index (χ1) is 14.8. The zero-order valence-corrected chi connectivity index (χ0v) is 16.6. The Bertz CT molecular complexity index is 934. The summed E-state index contributed by atoms with van der Waals surface area (Å²) in [5.74, 6) is 0.330. The van der Waals surface area contributed by atoms with E-state index in [1.807, 2.05) is 6.07 Å². The molecule has 1 aromatic carbocycles. The summed E-state index contributed by atoms with van der Waals surface area (Å²) in [5.41, 5.74) is 2.40. The van der Waals surface area contributed by atoms with Crippen LogP contribution in [0.15, 0.2) is 36.5 Å². The predicted octanol–water partition coefficient (Wildman–Crippen LogP) is 3.38. The van der Waals surface area contributed by atoms with Crippen molar-refractivity contribution < 1.29 is 32.2 Å². The molecule has 0 saturated carbocycles. The average Bonchev–Trinajstić information content (AvgIpc) is 2.73. The maximum absolute atomic E-state index is 12.2. The highest BCUT2D eigenvalue weighted by molar-refractivity contribution is 5.94. The standard InChI is InChI=1S/C21H22F3N3O4/c22-21(23,24)13-31-20-10-14(7-8-25-20)12-26-18(28)2-1-9-30-16-4-5-17-15(11-16)3-6-19(29)27-17/h4-5,7-8,10-11H,1-3,6,9,12-13H2,(H,26,28)(H,27,29). The number of amides is 2. The summed E-state index contributed by atoms with van der Waals surface area (Å²) in [6.07, 6.45) is -1.27. The topological polar surface area (TPSA) is 89.6 Å². The van der Waals surface area contributed by atoms with E-state index < -0.39 is 12.8 Å². The highest BCUT2D eigenvalue weighted by Gasteiger charge is 2.28. The van der Waals surface area contributed by atoms with Gasteiger partial charge in [-0.15, -0.1) is 0 Å². The number of carbonyl (C=O) groups is 2. The Balaban J connectivity index is 1.36. The summed E-state index contributed by atoms with van der Waals surface area (Å²) in [7, 11) is 0. The molecule has 1 aliphatic rings. The maximum atomic E-state index is 12.2. The molecule has 3 rings (SSSR count). The fourth-order valence-electron chi connectivity index (χ4n) is 2.96. The van der Waals surface area contributed by atoms with E-state index in [1.165, 1.54) is 12.3 Å². The van der Waals surface area contributed by atoms with E-state index in [4.69, 9.17) is 4.74 Å². The minimum absolute atomic E-state index is 0.00371. The predicted molar refractivity (Wildman–Crippen MR) is 106 cm³/mol. The number of halogens is 3. The highest BCUT2D eigenvalue weighted by Crippen LogP contribution is 2.26. The Morgan fingerprint density at radius 2 is 2.00 bits per heavy atom. The molecular formula is C21H22F3N3O4. The average molecular weight is 437 g/mol. The molecule has 2 N–H and O–H groups in total. The fraction of sp³-hybridized carbons (Fsp3) is 0.381. The number of ether oxygens (including phenoxy) is 2. The number of rotatable bonds is 9. The Kier molecular flexibility index (Phi) is 7.32. The molecule has 31 heavy (non-hydrogen) atoms. The van der Waals surface area contributed by atoms with E-state index in [-0.39, 0.29) is 30.7 Å². The van der Waals surface area contributed by atoms with E-state index in [1.54, 1.807) is 18.2 Å². The molecule has 0 spiro atoms. The minimum Gasteiger partial charge on any atom is -0.494 e. The molecule has 0 fully saturated rings. The van der Waals surface area contributed by atoms with E-state index in [0.717, 1.165) is 11.3 Å². The summed E-state index contributed by atoms with van der Waals surface area (Å²) >= 11 is 0. The van der Waals surface area contributed by atoms with Gasteiger partial charge in [-0.3, -0.25) is 9.59 Å². The lowest BCUT2D eigenvalue weighted by atomic mass is 10.0. The molecule has 0 atom stereocenters. The molecule has 1 aromatic heterocycles. The molecule has 0 saturated heterocycles. The number of aryl methyl sites for hydroxylation is 1. The van der Waals surface area contributed by atoms with E-state index in [2.05, 4.69) is 20.4 Å². The van der Waals surface area contributed by atoms with Crippen LogP contribution < -0.4 is 20.1 Å². The van der Waals surface area contributed by atoms with Crippen LogP contribution in [-0.4, -0.2) is 36.2 Å². The van der Waals surface area contributed by atoms with Gasteiger partial charge >= 0.3 is 6.18 Å². The van der Waals surface area contributed by atoms with Crippen molar-refractivity contribution in [2.75, 3.05) is 18.5 Å². The van der Waals surface area contributed by atoms with Gasteiger partial charge < -0.3 is 20.1 Å². The third-order valence-electron chi connectivity index (χ3n) is 4.46. The van der Waals surface area contributed by atoms with Crippen molar-refractivity contribution in [3.05, 3.63) is 47.7 Å². The number of hydrogen-bond acceptors (Lipinski definition) is 5. The Labute approximate surface area is 176 Å². The summed E-state index contributed by atoms with van der Waals surface area (Å²) in [4.78, 5) is 27.1. The van der Waals surface area contributed by atoms with Gasteiger partial charge in [0.15, 0.2) is 6.61 Å².